The fourth-order valence-electron chi connectivity index (χ4n) is 2.10. The number of carboxylic acid groups (broad SMARTS) is 1. The molecule has 6 nitrogen and oxygen atoms in total. The predicted octanol–water partition coefficient (Wildman–Crippen LogP) is 0.0159. The third-order valence-electron chi connectivity index (χ3n) is 3.39. The molecule has 0 aromatic heterocycles. The van der Waals surface area contributed by atoms with E-state index in [1.54, 1.807) is 4.90 Å². The number of urea groups is 1. The summed E-state index contributed by atoms with van der Waals surface area (Å²) in [5, 5.41) is 20.9. The zero-order valence-electron chi connectivity index (χ0n) is 9.63. The Hall–Kier alpha value is -1.30. The second-order valence-electron chi connectivity index (χ2n) is 4.82. The molecule has 2 rings (SSSR count). The van der Waals surface area contributed by atoms with Crippen molar-refractivity contribution in [1.82, 2.24) is 10.2 Å². The summed E-state index contributed by atoms with van der Waals surface area (Å²) in [6, 6.07) is -1.08. The summed E-state index contributed by atoms with van der Waals surface area (Å²) in [6.45, 7) is 0.980. The molecule has 2 aliphatic rings. The van der Waals surface area contributed by atoms with Gasteiger partial charge in [-0.1, -0.05) is 0 Å². The van der Waals surface area contributed by atoms with Crippen molar-refractivity contribution < 1.29 is 19.8 Å². The van der Waals surface area contributed by atoms with E-state index >= 15 is 0 Å². The predicted molar refractivity (Wildman–Crippen MR) is 59.5 cm³/mol. The summed E-state index contributed by atoms with van der Waals surface area (Å²) >= 11 is 0. The molecular formula is C11H18N2O4. The summed E-state index contributed by atoms with van der Waals surface area (Å²) in [6.07, 6.45) is 2.53. The number of hydrogen-bond acceptors (Lipinski definition) is 3. The molecule has 3 N–H and O–H groups in total. The first-order valence-corrected chi connectivity index (χ1v) is 6.04. The third kappa shape index (κ3) is 3.09. The number of aliphatic carboxylic acids is 1. The van der Waals surface area contributed by atoms with Gasteiger partial charge in [0.2, 0.25) is 0 Å². The molecule has 17 heavy (non-hydrogen) atoms. The molecule has 1 aliphatic heterocycles. The van der Waals surface area contributed by atoms with Crippen molar-refractivity contribution >= 4 is 12.0 Å². The van der Waals surface area contributed by atoms with Crippen molar-refractivity contribution in [3.05, 3.63) is 0 Å². The number of hydrogen-bond donors (Lipinski definition) is 3. The first-order chi connectivity index (χ1) is 8.08. The first kappa shape index (κ1) is 12.2. The summed E-state index contributed by atoms with van der Waals surface area (Å²) in [7, 11) is 0. The molecular weight excluding hydrogens is 224 g/mol. The van der Waals surface area contributed by atoms with Crippen LogP contribution in [0.2, 0.25) is 0 Å². The fraction of sp³-hybridized carbons (Fsp3) is 0.818. The van der Waals surface area contributed by atoms with E-state index in [2.05, 4.69) is 5.32 Å². The summed E-state index contributed by atoms with van der Waals surface area (Å²) in [5.74, 6) is -0.871. The Bertz CT molecular complexity index is 309. The topological polar surface area (TPSA) is 89.9 Å². The van der Waals surface area contributed by atoms with Crippen LogP contribution in [0.5, 0.6) is 0 Å². The second kappa shape index (κ2) is 4.91. The molecule has 1 heterocycles. The number of carbonyl (C=O) groups is 2. The largest absolute Gasteiger partial charge is 0.480 e. The maximum absolute atomic E-state index is 11.8. The van der Waals surface area contributed by atoms with Crippen LogP contribution in [-0.4, -0.2) is 52.3 Å². The van der Waals surface area contributed by atoms with Crippen molar-refractivity contribution in [3.8, 4) is 0 Å². The molecule has 1 saturated heterocycles. The van der Waals surface area contributed by atoms with Crippen molar-refractivity contribution in [2.75, 3.05) is 13.1 Å². The highest BCUT2D eigenvalue weighted by molar-refractivity contribution is 5.83. The lowest BCUT2D eigenvalue weighted by Gasteiger charge is -2.30. The maximum atomic E-state index is 11.8. The van der Waals surface area contributed by atoms with E-state index in [0.29, 0.717) is 25.9 Å². The van der Waals surface area contributed by atoms with Crippen molar-refractivity contribution in [2.24, 2.45) is 5.92 Å². The van der Waals surface area contributed by atoms with Crippen LogP contribution >= 0.6 is 0 Å². The Morgan fingerprint density at radius 1 is 1.18 bits per heavy atom. The number of nitrogens with zero attached hydrogens (tertiary/aromatic N) is 1. The van der Waals surface area contributed by atoms with E-state index in [0.717, 1.165) is 12.8 Å². The minimum Gasteiger partial charge on any atom is -0.480 e. The van der Waals surface area contributed by atoms with Gasteiger partial charge in [-0.15, -0.1) is 0 Å². The smallest absolute Gasteiger partial charge is 0.326 e. The molecule has 0 bridgehead atoms. The van der Waals surface area contributed by atoms with Crippen LogP contribution < -0.4 is 5.32 Å². The van der Waals surface area contributed by atoms with Gasteiger partial charge in [-0.3, -0.25) is 0 Å². The fourth-order valence-corrected chi connectivity index (χ4v) is 2.10. The number of aliphatic hydroxyl groups is 1. The standard InChI is InChI=1S/C11H18N2O4/c14-8-3-5-13(6-4-8)11(17)12-9(10(15)16)7-1-2-7/h7-9,14H,1-6H2,(H,12,17)(H,15,16). The van der Waals surface area contributed by atoms with Gasteiger partial charge in [-0.25, -0.2) is 9.59 Å². The Kier molecular flexibility index (Phi) is 3.51. The highest BCUT2D eigenvalue weighted by Crippen LogP contribution is 2.32. The molecule has 2 amide bonds. The molecule has 0 radical (unpaired) electrons. The second-order valence-corrected chi connectivity index (χ2v) is 4.82. The summed E-state index contributed by atoms with van der Waals surface area (Å²) < 4.78 is 0. The quantitative estimate of drug-likeness (QED) is 0.650. The molecule has 2 fully saturated rings. The van der Waals surface area contributed by atoms with E-state index in [1.807, 2.05) is 0 Å². The van der Waals surface area contributed by atoms with Gasteiger partial charge in [0.25, 0.3) is 0 Å². The van der Waals surface area contributed by atoms with Crippen molar-refractivity contribution in [3.63, 3.8) is 0 Å². The van der Waals surface area contributed by atoms with Crippen LogP contribution in [0.4, 0.5) is 4.79 Å². The van der Waals surface area contributed by atoms with Crippen LogP contribution in [0.15, 0.2) is 0 Å². The number of carboxylic acids is 1. The Balaban J connectivity index is 1.85. The van der Waals surface area contributed by atoms with Gasteiger partial charge in [0, 0.05) is 13.1 Å². The van der Waals surface area contributed by atoms with Crippen LogP contribution in [0.25, 0.3) is 0 Å². The number of amides is 2. The molecule has 1 saturated carbocycles. The van der Waals surface area contributed by atoms with Gasteiger partial charge in [0.1, 0.15) is 6.04 Å². The van der Waals surface area contributed by atoms with Crippen LogP contribution in [-0.2, 0) is 4.79 Å². The lowest BCUT2D eigenvalue weighted by atomic mass is 10.1. The Morgan fingerprint density at radius 3 is 2.24 bits per heavy atom. The van der Waals surface area contributed by atoms with Gasteiger partial charge in [-0.2, -0.15) is 0 Å². The average molecular weight is 242 g/mol. The molecule has 1 atom stereocenters. The van der Waals surface area contributed by atoms with E-state index in [4.69, 9.17) is 5.11 Å². The van der Waals surface area contributed by atoms with Gasteiger partial charge < -0.3 is 20.4 Å². The monoisotopic (exact) mass is 242 g/mol. The number of carbonyl (C=O) groups excluding carboxylic acids is 1. The molecule has 96 valence electrons. The van der Waals surface area contributed by atoms with Crippen molar-refractivity contribution in [1.29, 1.82) is 0 Å². The van der Waals surface area contributed by atoms with E-state index in [-0.39, 0.29) is 18.1 Å². The van der Waals surface area contributed by atoms with Gasteiger partial charge >= 0.3 is 12.0 Å². The minimum absolute atomic E-state index is 0.0897. The van der Waals surface area contributed by atoms with Crippen LogP contribution in [0.3, 0.4) is 0 Å². The van der Waals surface area contributed by atoms with E-state index in [9.17, 15) is 14.7 Å². The Morgan fingerprint density at radius 2 is 1.76 bits per heavy atom. The number of likely N-dealkylation sites (tertiary alicyclic amines) is 1. The normalized spacial score (nSPS) is 23.2. The highest BCUT2D eigenvalue weighted by atomic mass is 16.4. The van der Waals surface area contributed by atoms with Gasteiger partial charge in [0.15, 0.2) is 0 Å². The zero-order valence-corrected chi connectivity index (χ0v) is 9.63. The first-order valence-electron chi connectivity index (χ1n) is 6.04. The number of rotatable bonds is 3. The van der Waals surface area contributed by atoms with Gasteiger partial charge in [-0.05, 0) is 31.6 Å². The van der Waals surface area contributed by atoms with Gasteiger partial charge in [0.05, 0.1) is 6.10 Å². The summed E-state index contributed by atoms with van der Waals surface area (Å²) in [4.78, 5) is 24.4. The van der Waals surface area contributed by atoms with E-state index in [1.165, 1.54) is 0 Å². The Labute approximate surface area is 99.6 Å². The number of aliphatic hydroxyl groups excluding tert-OH is 1. The molecule has 0 aromatic carbocycles. The molecule has 1 unspecified atom stereocenters. The highest BCUT2D eigenvalue weighted by Gasteiger charge is 2.38. The van der Waals surface area contributed by atoms with Crippen molar-refractivity contribution in [2.45, 2.75) is 37.8 Å². The third-order valence-corrected chi connectivity index (χ3v) is 3.39. The molecule has 1 aliphatic carbocycles. The number of nitrogens with one attached hydrogen (secondary N) is 1. The zero-order chi connectivity index (χ0) is 12.4. The van der Waals surface area contributed by atoms with E-state index < -0.39 is 12.0 Å². The average Bonchev–Trinajstić information content (AvgIpc) is 3.10. The van der Waals surface area contributed by atoms with Crippen LogP contribution in [0.1, 0.15) is 25.7 Å². The van der Waals surface area contributed by atoms with Crippen LogP contribution in [0, 0.1) is 5.92 Å². The molecule has 0 aromatic rings. The lowest BCUT2D eigenvalue weighted by Crippen LogP contribution is -2.51. The lowest BCUT2D eigenvalue weighted by molar-refractivity contribution is -0.139. The SMILES string of the molecule is O=C(O)C(NC(=O)N1CCC(O)CC1)C1CC1. The number of piperidine rings is 1. The molecule has 6 heteroatoms. The summed E-state index contributed by atoms with van der Waals surface area (Å²) in [5.41, 5.74) is 0. The molecule has 0 spiro atoms. The maximum Gasteiger partial charge on any atom is 0.326 e. The minimum atomic E-state index is -0.960.